The van der Waals surface area contributed by atoms with Gasteiger partial charge >= 0.3 is 0 Å². The fraction of sp³-hybridized carbons (Fsp3) is 0.947. The van der Waals surface area contributed by atoms with Gasteiger partial charge in [0.1, 0.15) is 5.78 Å². The molecule has 0 heterocycles. The summed E-state index contributed by atoms with van der Waals surface area (Å²) in [6, 6.07) is 0. The average molecular weight is 322 g/mol. The number of aliphatic hydroxyl groups is 3. The molecule has 23 heavy (non-hydrogen) atoms. The van der Waals surface area contributed by atoms with Crippen LogP contribution >= 0.6 is 0 Å². The number of hydrogen-bond donors (Lipinski definition) is 3. The third-order valence-corrected chi connectivity index (χ3v) is 8.43. The first-order chi connectivity index (χ1) is 10.8. The topological polar surface area (TPSA) is 77.8 Å². The summed E-state index contributed by atoms with van der Waals surface area (Å²) < 4.78 is 0. The third kappa shape index (κ3) is 1.98. The summed E-state index contributed by atoms with van der Waals surface area (Å²) in [5, 5.41) is 31.8. The number of aliphatic hydroxyl groups excluding tert-OH is 3. The first-order valence-corrected chi connectivity index (χ1v) is 9.36. The predicted molar refractivity (Wildman–Crippen MR) is 85.5 cm³/mol. The van der Waals surface area contributed by atoms with Gasteiger partial charge in [0.05, 0.1) is 18.3 Å². The molecule has 130 valence electrons. The van der Waals surface area contributed by atoms with Gasteiger partial charge in [-0.2, -0.15) is 0 Å². The zero-order valence-electron chi connectivity index (χ0n) is 14.2. The van der Waals surface area contributed by atoms with Crippen LogP contribution in [0.3, 0.4) is 0 Å². The molecule has 0 saturated heterocycles. The van der Waals surface area contributed by atoms with Crippen molar-refractivity contribution in [2.24, 2.45) is 34.5 Å². The zero-order valence-corrected chi connectivity index (χ0v) is 14.2. The largest absolute Gasteiger partial charge is 0.393 e. The van der Waals surface area contributed by atoms with Crippen molar-refractivity contribution >= 4 is 5.78 Å². The summed E-state index contributed by atoms with van der Waals surface area (Å²) in [6.07, 6.45) is 3.82. The quantitative estimate of drug-likeness (QED) is 0.636. The lowest BCUT2D eigenvalue weighted by molar-refractivity contribution is -0.219. The van der Waals surface area contributed by atoms with Gasteiger partial charge in [0.25, 0.3) is 0 Å². The summed E-state index contributed by atoms with van der Waals surface area (Å²) in [5.41, 5.74) is -0.311. The molecule has 5 unspecified atom stereocenters. The van der Waals surface area contributed by atoms with Crippen LogP contribution in [0.2, 0.25) is 0 Å². The lowest BCUT2D eigenvalue weighted by atomic mass is 9.44. The minimum atomic E-state index is -0.769. The number of fused-ring (bicyclic) bond motifs is 5. The Morgan fingerprint density at radius 1 is 0.913 bits per heavy atom. The van der Waals surface area contributed by atoms with Gasteiger partial charge in [-0.1, -0.05) is 13.8 Å². The summed E-state index contributed by atoms with van der Waals surface area (Å²) >= 11 is 0. The van der Waals surface area contributed by atoms with Crippen molar-refractivity contribution in [2.45, 2.75) is 77.1 Å². The average Bonchev–Trinajstić information content (AvgIpc) is 2.82. The molecule has 0 aromatic rings. The number of ketones is 1. The monoisotopic (exact) mass is 322 g/mol. The fourth-order valence-corrected chi connectivity index (χ4v) is 7.01. The lowest BCUT2D eigenvalue weighted by Gasteiger charge is -2.62. The molecule has 4 rings (SSSR count). The van der Waals surface area contributed by atoms with Crippen LogP contribution in [0, 0.1) is 34.5 Å². The lowest BCUT2D eigenvalue weighted by Crippen LogP contribution is -2.64. The SMILES string of the molecule is C[C@]12CC[C@@H](O)CC1[C@@H](O)C(O)C1C2CC[C@]2(C)C(=O)CCC12. The van der Waals surface area contributed by atoms with E-state index in [0.29, 0.717) is 24.5 Å². The van der Waals surface area contributed by atoms with Crippen molar-refractivity contribution in [3.63, 3.8) is 0 Å². The number of rotatable bonds is 0. The highest BCUT2D eigenvalue weighted by Gasteiger charge is 2.64. The van der Waals surface area contributed by atoms with E-state index in [1.807, 2.05) is 0 Å². The molecule has 0 bridgehead atoms. The molecule has 0 aliphatic heterocycles. The number of hydrogen-bond acceptors (Lipinski definition) is 4. The molecule has 3 N–H and O–H groups in total. The number of carbonyl (C=O) groups excluding carboxylic acids is 1. The van der Waals surface area contributed by atoms with Crippen LogP contribution in [0.5, 0.6) is 0 Å². The van der Waals surface area contributed by atoms with Crippen molar-refractivity contribution < 1.29 is 20.1 Å². The Kier molecular flexibility index (Phi) is 3.51. The summed E-state index contributed by atoms with van der Waals surface area (Å²) in [5.74, 6) is 0.940. The van der Waals surface area contributed by atoms with Crippen molar-refractivity contribution in [1.82, 2.24) is 0 Å². The second-order valence-corrected chi connectivity index (χ2v) is 9.23. The molecule has 4 saturated carbocycles. The van der Waals surface area contributed by atoms with E-state index in [4.69, 9.17) is 0 Å². The van der Waals surface area contributed by atoms with E-state index in [1.165, 1.54) is 0 Å². The maximum Gasteiger partial charge on any atom is 0.139 e. The fourth-order valence-electron chi connectivity index (χ4n) is 7.01. The molecule has 0 amide bonds. The van der Waals surface area contributed by atoms with E-state index in [0.717, 1.165) is 32.1 Å². The molecule has 4 aliphatic carbocycles. The summed E-state index contributed by atoms with van der Waals surface area (Å²) in [7, 11) is 0. The van der Waals surface area contributed by atoms with Crippen molar-refractivity contribution in [2.75, 3.05) is 0 Å². The Labute approximate surface area is 138 Å². The van der Waals surface area contributed by atoms with Crippen molar-refractivity contribution in [3.05, 3.63) is 0 Å². The minimum absolute atomic E-state index is 0.0183. The van der Waals surface area contributed by atoms with E-state index in [9.17, 15) is 20.1 Å². The highest BCUT2D eigenvalue weighted by molar-refractivity contribution is 5.87. The first-order valence-electron chi connectivity index (χ1n) is 9.36. The van der Waals surface area contributed by atoms with Crippen LogP contribution in [0.1, 0.15) is 58.8 Å². The van der Waals surface area contributed by atoms with Crippen LogP contribution in [-0.2, 0) is 4.79 Å². The molecule has 4 nitrogen and oxygen atoms in total. The Balaban J connectivity index is 1.73. The summed E-state index contributed by atoms with van der Waals surface area (Å²) in [4.78, 5) is 12.4. The highest BCUT2D eigenvalue weighted by Crippen LogP contribution is 2.65. The van der Waals surface area contributed by atoms with Crippen LogP contribution in [0.15, 0.2) is 0 Å². The van der Waals surface area contributed by atoms with Gasteiger partial charge in [0, 0.05) is 11.8 Å². The van der Waals surface area contributed by atoms with Crippen molar-refractivity contribution in [1.29, 1.82) is 0 Å². The van der Waals surface area contributed by atoms with Gasteiger partial charge in [-0.25, -0.2) is 0 Å². The highest BCUT2D eigenvalue weighted by atomic mass is 16.3. The standard InChI is InChI=1S/C19H30O4/c1-18-7-5-10(20)9-13(18)16(22)17(23)15-11-3-4-14(21)19(11,2)8-6-12(15)18/h10-13,15-17,20,22-23H,3-9H2,1-2H3/t10-,11?,12?,13?,15?,16-,17?,18-,19+/m1/s1. The van der Waals surface area contributed by atoms with E-state index < -0.39 is 12.2 Å². The maximum atomic E-state index is 12.4. The van der Waals surface area contributed by atoms with Gasteiger partial charge in [0.2, 0.25) is 0 Å². The third-order valence-electron chi connectivity index (χ3n) is 8.43. The molecule has 4 fully saturated rings. The molecule has 0 aromatic carbocycles. The predicted octanol–water partition coefficient (Wildman–Crippen LogP) is 1.90. The van der Waals surface area contributed by atoms with Gasteiger partial charge in [0.15, 0.2) is 0 Å². The van der Waals surface area contributed by atoms with Gasteiger partial charge < -0.3 is 15.3 Å². The molecule has 0 aromatic heterocycles. The van der Waals surface area contributed by atoms with Crippen LogP contribution in [0.25, 0.3) is 0 Å². The Hall–Kier alpha value is -0.450. The smallest absolute Gasteiger partial charge is 0.139 e. The van der Waals surface area contributed by atoms with Gasteiger partial charge in [-0.05, 0) is 67.6 Å². The molecule has 0 radical (unpaired) electrons. The minimum Gasteiger partial charge on any atom is -0.393 e. The van der Waals surface area contributed by atoms with Crippen LogP contribution in [-0.4, -0.2) is 39.4 Å². The molecule has 9 atom stereocenters. The molecule has 0 spiro atoms. The normalized spacial score (nSPS) is 59.2. The van der Waals surface area contributed by atoms with E-state index >= 15 is 0 Å². The molecule has 4 heteroatoms. The van der Waals surface area contributed by atoms with E-state index in [2.05, 4.69) is 13.8 Å². The van der Waals surface area contributed by atoms with E-state index in [-0.39, 0.29) is 34.7 Å². The van der Waals surface area contributed by atoms with Gasteiger partial charge in [-0.15, -0.1) is 0 Å². The number of Topliss-reactive ketones (excluding diaryl/α,β-unsaturated/α-hetero) is 1. The van der Waals surface area contributed by atoms with Crippen LogP contribution in [0.4, 0.5) is 0 Å². The Bertz CT molecular complexity index is 519. The van der Waals surface area contributed by atoms with Gasteiger partial charge in [-0.3, -0.25) is 4.79 Å². The second kappa shape index (κ2) is 5.03. The Morgan fingerprint density at radius 2 is 1.65 bits per heavy atom. The first kappa shape index (κ1) is 16.0. The maximum absolute atomic E-state index is 12.4. The summed E-state index contributed by atoms with van der Waals surface area (Å²) in [6.45, 7) is 4.34. The van der Waals surface area contributed by atoms with Crippen molar-refractivity contribution in [3.8, 4) is 0 Å². The second-order valence-electron chi connectivity index (χ2n) is 9.23. The molecular weight excluding hydrogens is 292 g/mol. The van der Waals surface area contributed by atoms with E-state index in [1.54, 1.807) is 0 Å². The zero-order chi connectivity index (χ0) is 16.6. The van der Waals surface area contributed by atoms with Crippen LogP contribution < -0.4 is 0 Å². The Morgan fingerprint density at radius 3 is 2.39 bits per heavy atom. The number of carbonyl (C=O) groups is 1. The molecule has 4 aliphatic rings. The molecular formula is C19H30O4.